The van der Waals surface area contributed by atoms with Crippen molar-refractivity contribution < 1.29 is 0 Å². The highest BCUT2D eigenvalue weighted by molar-refractivity contribution is 5.84. The van der Waals surface area contributed by atoms with Crippen molar-refractivity contribution in [2.75, 3.05) is 0 Å². The van der Waals surface area contributed by atoms with Gasteiger partial charge in [-0.1, -0.05) is 24.3 Å². The van der Waals surface area contributed by atoms with Crippen LogP contribution in [0.3, 0.4) is 0 Å². The molecule has 0 saturated heterocycles. The molecule has 0 fully saturated rings. The van der Waals surface area contributed by atoms with E-state index in [2.05, 4.69) is 6.07 Å². The maximum Gasteiger partial charge on any atom is 0.148 e. The molecule has 3 heteroatoms. The third kappa shape index (κ3) is 1.78. The summed E-state index contributed by atoms with van der Waals surface area (Å²) >= 11 is 0. The molecule has 0 saturated carbocycles. The quantitative estimate of drug-likeness (QED) is 0.615. The summed E-state index contributed by atoms with van der Waals surface area (Å²) in [6, 6.07) is 14.5. The van der Waals surface area contributed by atoms with Crippen LogP contribution >= 0.6 is 0 Å². The van der Waals surface area contributed by atoms with Crippen molar-refractivity contribution in [1.82, 2.24) is 0 Å². The Morgan fingerprint density at radius 1 is 1.00 bits per heavy atom. The largest absolute Gasteiger partial charge is 0.192 e. The maximum absolute atomic E-state index is 8.79. The summed E-state index contributed by atoms with van der Waals surface area (Å²) in [5, 5.41) is 26.0. The van der Waals surface area contributed by atoms with Crippen molar-refractivity contribution >= 4 is 5.57 Å². The highest BCUT2D eigenvalue weighted by atomic mass is 14.3. The van der Waals surface area contributed by atoms with Crippen molar-refractivity contribution in [2.24, 2.45) is 0 Å². The van der Waals surface area contributed by atoms with Crippen LogP contribution in [0.25, 0.3) is 5.57 Å². The van der Waals surface area contributed by atoms with Gasteiger partial charge in [0.1, 0.15) is 23.8 Å². The molecule has 0 bridgehead atoms. The number of nitriles is 3. The van der Waals surface area contributed by atoms with E-state index in [4.69, 9.17) is 15.8 Å². The van der Waals surface area contributed by atoms with Gasteiger partial charge >= 0.3 is 0 Å². The van der Waals surface area contributed by atoms with Crippen molar-refractivity contribution in [3.8, 4) is 18.2 Å². The molecule has 0 aliphatic carbocycles. The molecule has 1 rings (SSSR count). The Labute approximate surface area is 81.7 Å². The molecule has 0 atom stereocenters. The van der Waals surface area contributed by atoms with Crippen LogP contribution in [0.2, 0.25) is 0 Å². The third-order valence-electron chi connectivity index (χ3n) is 1.59. The number of allylic oxidation sites excluding steroid dienone is 2. The van der Waals surface area contributed by atoms with Gasteiger partial charge in [-0.2, -0.15) is 15.8 Å². The van der Waals surface area contributed by atoms with Gasteiger partial charge in [0.05, 0.1) is 5.57 Å². The smallest absolute Gasteiger partial charge is 0.148 e. The lowest BCUT2D eigenvalue weighted by molar-refractivity contribution is 1.45. The number of hydrogen-bond donors (Lipinski definition) is 0. The molecule has 3 nitrogen and oxygen atoms in total. The summed E-state index contributed by atoms with van der Waals surface area (Å²) in [7, 11) is 0. The monoisotopic (exact) mass is 178 g/mol. The van der Waals surface area contributed by atoms with Gasteiger partial charge in [-0.15, -0.1) is 0 Å². The summed E-state index contributed by atoms with van der Waals surface area (Å²) in [6.45, 7) is 0. The summed E-state index contributed by atoms with van der Waals surface area (Å²) in [5.41, 5.74) is 0.493. The van der Waals surface area contributed by atoms with Gasteiger partial charge in [0, 0.05) is 0 Å². The minimum Gasteiger partial charge on any atom is -0.192 e. The zero-order valence-corrected chi connectivity index (χ0v) is 7.15. The van der Waals surface area contributed by atoms with E-state index in [1.165, 1.54) is 0 Å². The number of nitrogens with zero attached hydrogens (tertiary/aromatic N) is 3. The molecule has 0 aromatic heterocycles. The van der Waals surface area contributed by atoms with Gasteiger partial charge in [-0.05, 0) is 11.6 Å². The lowest BCUT2D eigenvalue weighted by Gasteiger charge is -1.96. The molecule has 14 heavy (non-hydrogen) atoms. The lowest BCUT2D eigenvalue weighted by Crippen LogP contribution is -1.85. The van der Waals surface area contributed by atoms with Crippen LogP contribution in [0, 0.1) is 40.1 Å². The predicted octanol–water partition coefficient (Wildman–Crippen LogP) is 1.81. The minimum atomic E-state index is -0.168. The normalized spacial score (nSPS) is 7.79. The Morgan fingerprint density at radius 3 is 2.00 bits per heavy atom. The molecule has 0 aliphatic rings. The molecule has 0 heterocycles. The molecule has 1 aromatic rings. The number of hydrogen-bond acceptors (Lipinski definition) is 3. The zero-order chi connectivity index (χ0) is 10.4. The SMILES string of the molecule is N#CC(C#N)=C(C#N)c1cc[c]cc1. The summed E-state index contributed by atoms with van der Waals surface area (Å²) in [4.78, 5) is 0. The van der Waals surface area contributed by atoms with Gasteiger partial charge in [0.25, 0.3) is 0 Å². The molecule has 0 N–H and O–H groups in total. The van der Waals surface area contributed by atoms with Crippen LogP contribution in [0.1, 0.15) is 5.56 Å². The van der Waals surface area contributed by atoms with E-state index in [1.54, 1.807) is 36.4 Å². The van der Waals surface area contributed by atoms with Crippen LogP contribution in [-0.2, 0) is 0 Å². The van der Waals surface area contributed by atoms with E-state index in [1.807, 2.05) is 6.07 Å². The zero-order valence-electron chi connectivity index (χ0n) is 7.15. The molecule has 0 unspecified atom stereocenters. The van der Waals surface area contributed by atoms with E-state index in [-0.39, 0.29) is 11.1 Å². The van der Waals surface area contributed by atoms with E-state index < -0.39 is 0 Å². The molecule has 0 amide bonds. The fraction of sp³-hybridized carbons (Fsp3) is 0. The van der Waals surface area contributed by atoms with Gasteiger partial charge in [0.15, 0.2) is 0 Å². The second-order valence-corrected chi connectivity index (χ2v) is 2.37. The van der Waals surface area contributed by atoms with E-state index in [0.717, 1.165) is 0 Å². The third-order valence-corrected chi connectivity index (χ3v) is 1.59. The molecule has 0 aliphatic heterocycles. The first-order chi connectivity index (χ1) is 6.83. The summed E-state index contributed by atoms with van der Waals surface area (Å²) in [5.74, 6) is 0. The number of benzene rings is 1. The van der Waals surface area contributed by atoms with E-state index in [0.29, 0.717) is 5.56 Å². The topological polar surface area (TPSA) is 71.4 Å². The van der Waals surface area contributed by atoms with E-state index >= 15 is 0 Å². The first-order valence-electron chi connectivity index (χ1n) is 3.74. The Bertz CT molecular complexity index is 462. The Hall–Kier alpha value is -2.57. The lowest BCUT2D eigenvalue weighted by atomic mass is 10.0. The van der Waals surface area contributed by atoms with Crippen LogP contribution in [0.15, 0.2) is 29.8 Å². The maximum atomic E-state index is 8.79. The van der Waals surface area contributed by atoms with Gasteiger partial charge in [-0.25, -0.2) is 0 Å². The van der Waals surface area contributed by atoms with Crippen molar-refractivity contribution in [1.29, 1.82) is 15.8 Å². The van der Waals surface area contributed by atoms with E-state index in [9.17, 15) is 0 Å². The molecule has 1 radical (unpaired) electrons. The van der Waals surface area contributed by atoms with Gasteiger partial charge in [-0.3, -0.25) is 0 Å². The number of rotatable bonds is 1. The summed E-state index contributed by atoms with van der Waals surface area (Å²) < 4.78 is 0. The average molecular weight is 178 g/mol. The second kappa shape index (κ2) is 4.45. The highest BCUT2D eigenvalue weighted by Gasteiger charge is 2.07. The fourth-order valence-corrected chi connectivity index (χ4v) is 0.955. The Balaban J connectivity index is 3.36. The molecule has 0 spiro atoms. The van der Waals surface area contributed by atoms with Gasteiger partial charge in [0.2, 0.25) is 0 Å². The van der Waals surface area contributed by atoms with Crippen LogP contribution in [0.5, 0.6) is 0 Å². The molecule has 63 valence electrons. The molecule has 1 aromatic carbocycles. The van der Waals surface area contributed by atoms with Crippen molar-refractivity contribution in [3.05, 3.63) is 41.5 Å². The highest BCUT2D eigenvalue weighted by Crippen LogP contribution is 2.16. The van der Waals surface area contributed by atoms with Gasteiger partial charge < -0.3 is 0 Å². The summed E-state index contributed by atoms with van der Waals surface area (Å²) in [6.07, 6.45) is 0. The first-order valence-corrected chi connectivity index (χ1v) is 3.74. The predicted molar refractivity (Wildman–Crippen MR) is 49.0 cm³/mol. The molecular weight excluding hydrogens is 174 g/mol. The Morgan fingerprint density at radius 2 is 1.57 bits per heavy atom. The molecular formula is C11H4N3. The minimum absolute atomic E-state index is 0.101. The van der Waals surface area contributed by atoms with Crippen LogP contribution < -0.4 is 0 Å². The van der Waals surface area contributed by atoms with Crippen LogP contribution in [-0.4, -0.2) is 0 Å². The van der Waals surface area contributed by atoms with Crippen molar-refractivity contribution in [2.45, 2.75) is 0 Å². The first kappa shape index (κ1) is 9.52. The fourth-order valence-electron chi connectivity index (χ4n) is 0.955. The Kier molecular flexibility index (Phi) is 3.03. The van der Waals surface area contributed by atoms with Crippen LogP contribution in [0.4, 0.5) is 0 Å². The standard InChI is InChI=1S/C11H4N3/c12-6-10(7-13)11(8-14)9-4-2-1-3-5-9/h2-5H. The second-order valence-electron chi connectivity index (χ2n) is 2.37. The van der Waals surface area contributed by atoms with Crippen molar-refractivity contribution in [3.63, 3.8) is 0 Å². The average Bonchev–Trinajstić information content (AvgIpc) is 2.27.